The first kappa shape index (κ1) is 16.2. The third-order valence-corrected chi connectivity index (χ3v) is 5.98. The zero-order valence-electron chi connectivity index (χ0n) is 11.0. The quantitative estimate of drug-likeness (QED) is 0.782. The Morgan fingerprint density at radius 2 is 1.86 bits per heavy atom. The van der Waals surface area contributed by atoms with E-state index in [1.54, 1.807) is 18.2 Å². The zero-order valence-corrected chi connectivity index (χ0v) is 15.0. The van der Waals surface area contributed by atoms with Gasteiger partial charge in [-0.1, -0.05) is 17.7 Å². The van der Waals surface area contributed by atoms with Crippen LogP contribution in [0.4, 0.5) is 5.69 Å². The molecule has 0 fully saturated rings. The summed E-state index contributed by atoms with van der Waals surface area (Å²) in [4.78, 5) is 25.3. The van der Waals surface area contributed by atoms with Gasteiger partial charge in [-0.2, -0.15) is 0 Å². The van der Waals surface area contributed by atoms with E-state index in [0.717, 1.165) is 13.8 Å². The number of rotatable bonds is 4. The molecule has 1 N–H and O–H groups in total. The van der Waals surface area contributed by atoms with Gasteiger partial charge in [-0.3, -0.25) is 14.5 Å². The first-order valence-electron chi connectivity index (χ1n) is 5.93. The number of hydrogen-bond acceptors (Lipinski definition) is 3. The van der Waals surface area contributed by atoms with Crippen LogP contribution in [-0.2, 0) is 4.79 Å². The fraction of sp³-hybridized carbons (Fsp3) is 0.143. The number of carbonyl (C=O) groups is 2. The highest BCUT2D eigenvalue weighted by Gasteiger charge is 2.22. The molecule has 0 atom stereocenters. The lowest BCUT2D eigenvalue weighted by Gasteiger charge is -2.20. The van der Waals surface area contributed by atoms with Crippen LogP contribution in [0.25, 0.3) is 0 Å². The highest BCUT2D eigenvalue weighted by molar-refractivity contribution is 9.13. The van der Waals surface area contributed by atoms with Crippen molar-refractivity contribution < 1.29 is 14.7 Å². The molecule has 0 aliphatic heterocycles. The van der Waals surface area contributed by atoms with Crippen LogP contribution in [-0.4, -0.2) is 23.5 Å². The molecule has 1 aromatic carbocycles. The number of carboxylic acids is 1. The van der Waals surface area contributed by atoms with Crippen LogP contribution in [0.2, 0.25) is 0 Å². The van der Waals surface area contributed by atoms with E-state index in [-0.39, 0.29) is 12.5 Å². The van der Waals surface area contributed by atoms with Gasteiger partial charge in [0.25, 0.3) is 5.91 Å². The van der Waals surface area contributed by atoms with Crippen LogP contribution in [0.1, 0.15) is 15.2 Å². The minimum atomic E-state index is -1.06. The van der Waals surface area contributed by atoms with E-state index in [4.69, 9.17) is 5.11 Å². The Labute approximate surface area is 142 Å². The van der Waals surface area contributed by atoms with Crippen molar-refractivity contribution >= 4 is 60.8 Å². The number of aliphatic carboxylic acids is 1. The van der Waals surface area contributed by atoms with Gasteiger partial charge in [0.15, 0.2) is 0 Å². The number of hydrogen-bond donors (Lipinski definition) is 1. The van der Waals surface area contributed by atoms with Gasteiger partial charge in [-0.25, -0.2) is 0 Å². The maximum absolute atomic E-state index is 12.6. The predicted molar refractivity (Wildman–Crippen MR) is 90.2 cm³/mol. The van der Waals surface area contributed by atoms with Crippen molar-refractivity contribution in [3.63, 3.8) is 0 Å². The lowest BCUT2D eigenvalue weighted by atomic mass is 10.2. The van der Waals surface area contributed by atoms with Crippen molar-refractivity contribution in [2.45, 2.75) is 6.92 Å². The summed E-state index contributed by atoms with van der Waals surface area (Å²) in [6, 6.07) is 8.86. The van der Waals surface area contributed by atoms with Crippen LogP contribution in [0.5, 0.6) is 0 Å². The second kappa shape index (κ2) is 6.72. The Hall–Kier alpha value is -1.18. The summed E-state index contributed by atoms with van der Waals surface area (Å²) < 4.78 is 1.57. The van der Waals surface area contributed by atoms with Crippen LogP contribution >= 0.6 is 43.2 Å². The molecule has 1 aromatic heterocycles. The number of carbonyl (C=O) groups excluding carboxylic acids is 1. The second-order valence-corrected chi connectivity index (χ2v) is 7.58. The highest BCUT2D eigenvalue weighted by Crippen LogP contribution is 2.33. The third kappa shape index (κ3) is 3.93. The lowest BCUT2D eigenvalue weighted by molar-refractivity contribution is -0.135. The fourth-order valence-corrected chi connectivity index (χ4v) is 3.71. The molecule has 0 aliphatic rings. The molecule has 0 spiro atoms. The summed E-state index contributed by atoms with van der Waals surface area (Å²) in [5.41, 5.74) is 1.61. The molecule has 7 heteroatoms. The van der Waals surface area contributed by atoms with Crippen molar-refractivity contribution in [2.24, 2.45) is 0 Å². The molecule has 1 heterocycles. The second-order valence-electron chi connectivity index (χ2n) is 4.35. The van der Waals surface area contributed by atoms with Gasteiger partial charge in [0, 0.05) is 10.2 Å². The Balaban J connectivity index is 2.37. The number of halogens is 2. The molecular weight excluding hydrogens is 422 g/mol. The summed E-state index contributed by atoms with van der Waals surface area (Å²) in [5, 5.41) is 9.05. The van der Waals surface area contributed by atoms with Gasteiger partial charge < -0.3 is 5.11 Å². The molecule has 0 bridgehead atoms. The Morgan fingerprint density at radius 3 is 2.33 bits per heavy atom. The zero-order chi connectivity index (χ0) is 15.6. The SMILES string of the molecule is Cc1ccc(N(CC(=O)O)C(=O)c2cc(Br)c(Br)s2)cc1. The van der Waals surface area contributed by atoms with Gasteiger partial charge in [0.05, 0.1) is 8.66 Å². The molecule has 0 unspecified atom stereocenters. The number of benzene rings is 1. The van der Waals surface area contributed by atoms with E-state index in [9.17, 15) is 9.59 Å². The van der Waals surface area contributed by atoms with Gasteiger partial charge in [-0.15, -0.1) is 11.3 Å². The normalized spacial score (nSPS) is 10.4. The summed E-state index contributed by atoms with van der Waals surface area (Å²) in [5.74, 6) is -1.39. The standard InChI is InChI=1S/C14H11Br2NO3S/c1-8-2-4-9(5-3-8)17(7-12(18)19)14(20)11-6-10(15)13(16)21-11/h2-6H,7H2,1H3,(H,18,19). The van der Waals surface area contributed by atoms with E-state index in [1.165, 1.54) is 16.2 Å². The molecule has 0 aliphatic carbocycles. The van der Waals surface area contributed by atoms with Gasteiger partial charge in [-0.05, 0) is 57.0 Å². The van der Waals surface area contributed by atoms with Gasteiger partial charge in [0.1, 0.15) is 6.54 Å². The van der Waals surface area contributed by atoms with Gasteiger partial charge >= 0.3 is 5.97 Å². The van der Waals surface area contributed by atoms with Crippen molar-refractivity contribution in [2.75, 3.05) is 11.4 Å². The summed E-state index contributed by atoms with van der Waals surface area (Å²) in [7, 11) is 0. The number of amides is 1. The average molecular weight is 433 g/mol. The number of nitrogens with zero attached hydrogens (tertiary/aromatic N) is 1. The molecule has 21 heavy (non-hydrogen) atoms. The molecule has 110 valence electrons. The smallest absolute Gasteiger partial charge is 0.323 e. The van der Waals surface area contributed by atoms with Crippen LogP contribution in [0.3, 0.4) is 0 Å². The third-order valence-electron chi connectivity index (χ3n) is 2.74. The number of aryl methyl sites for hydroxylation is 1. The molecule has 0 saturated carbocycles. The monoisotopic (exact) mass is 431 g/mol. The molecular formula is C14H11Br2NO3S. The lowest BCUT2D eigenvalue weighted by Crippen LogP contribution is -2.35. The number of anilines is 1. The maximum atomic E-state index is 12.6. The topological polar surface area (TPSA) is 57.6 Å². The molecule has 0 radical (unpaired) electrons. The molecule has 2 aromatic rings. The van der Waals surface area contributed by atoms with Crippen molar-refractivity contribution in [1.82, 2.24) is 0 Å². The van der Waals surface area contributed by atoms with Crippen LogP contribution in [0.15, 0.2) is 38.6 Å². The van der Waals surface area contributed by atoms with Crippen molar-refractivity contribution in [3.8, 4) is 0 Å². The first-order chi connectivity index (χ1) is 9.88. The van der Waals surface area contributed by atoms with Crippen LogP contribution < -0.4 is 4.90 Å². The highest BCUT2D eigenvalue weighted by atomic mass is 79.9. The van der Waals surface area contributed by atoms with E-state index in [1.807, 2.05) is 19.1 Å². The molecule has 2 rings (SSSR count). The van der Waals surface area contributed by atoms with Crippen molar-refractivity contribution in [1.29, 1.82) is 0 Å². The average Bonchev–Trinajstić information content (AvgIpc) is 2.76. The molecule has 4 nitrogen and oxygen atoms in total. The fourth-order valence-electron chi connectivity index (χ4n) is 1.73. The molecule has 1 amide bonds. The summed E-state index contributed by atoms with van der Waals surface area (Å²) in [6.45, 7) is 1.55. The number of carboxylic acid groups (broad SMARTS) is 1. The molecule has 0 saturated heterocycles. The maximum Gasteiger partial charge on any atom is 0.323 e. The predicted octanol–water partition coefficient (Wildman–Crippen LogP) is 4.31. The first-order valence-corrected chi connectivity index (χ1v) is 8.34. The minimum absolute atomic E-state index is 0.336. The minimum Gasteiger partial charge on any atom is -0.480 e. The van der Waals surface area contributed by atoms with E-state index in [0.29, 0.717) is 10.6 Å². The van der Waals surface area contributed by atoms with Gasteiger partial charge in [0.2, 0.25) is 0 Å². The Morgan fingerprint density at radius 1 is 1.24 bits per heavy atom. The Kier molecular flexibility index (Phi) is 5.18. The Bertz CT molecular complexity index is 663. The van der Waals surface area contributed by atoms with E-state index >= 15 is 0 Å². The number of thiophene rings is 1. The van der Waals surface area contributed by atoms with E-state index in [2.05, 4.69) is 31.9 Å². The summed E-state index contributed by atoms with van der Waals surface area (Å²) >= 11 is 7.92. The van der Waals surface area contributed by atoms with Crippen LogP contribution in [0, 0.1) is 6.92 Å². The van der Waals surface area contributed by atoms with E-state index < -0.39 is 5.97 Å². The summed E-state index contributed by atoms with van der Waals surface area (Å²) in [6.07, 6.45) is 0. The van der Waals surface area contributed by atoms with Crippen molar-refractivity contribution in [3.05, 3.63) is 49.0 Å². The largest absolute Gasteiger partial charge is 0.480 e.